The number of fused-ring (bicyclic) bond motifs is 2. The summed E-state index contributed by atoms with van der Waals surface area (Å²) in [4.78, 5) is 15.7. The maximum atomic E-state index is 11.0. The molecule has 1 aromatic rings. The molecular formula is C16H19N3O2. The number of anilines is 1. The molecule has 2 fully saturated rings. The highest BCUT2D eigenvalue weighted by atomic mass is 16.4. The molecule has 2 aliphatic heterocycles. The topological polar surface area (TPSA) is 67.6 Å². The van der Waals surface area contributed by atoms with Crippen LogP contribution in [0.3, 0.4) is 0 Å². The van der Waals surface area contributed by atoms with Crippen molar-refractivity contribution in [2.45, 2.75) is 31.3 Å². The number of hydrogen-bond acceptors (Lipinski definition) is 4. The number of nitrogens with zero attached hydrogens (tertiary/aromatic N) is 3. The average Bonchev–Trinajstić information content (AvgIpc) is 2.71. The summed E-state index contributed by atoms with van der Waals surface area (Å²) in [5, 5.41) is 18.4. The second-order valence-electron chi connectivity index (χ2n) is 5.93. The van der Waals surface area contributed by atoms with Gasteiger partial charge in [0.2, 0.25) is 0 Å². The minimum absolute atomic E-state index is 0.170. The lowest BCUT2D eigenvalue weighted by atomic mass is 10.0. The van der Waals surface area contributed by atoms with Crippen molar-refractivity contribution in [2.24, 2.45) is 0 Å². The highest BCUT2D eigenvalue weighted by Crippen LogP contribution is 2.32. The maximum absolute atomic E-state index is 11.0. The van der Waals surface area contributed by atoms with Gasteiger partial charge in [-0.2, -0.15) is 5.26 Å². The Morgan fingerprint density at radius 3 is 2.81 bits per heavy atom. The number of likely N-dealkylation sites (N-methyl/N-ethyl adjacent to an activating group) is 1. The summed E-state index contributed by atoms with van der Waals surface area (Å²) in [6.45, 7) is 1.83. The first kappa shape index (κ1) is 13.9. The summed E-state index contributed by atoms with van der Waals surface area (Å²) in [5.41, 5.74) is 1.49. The molecule has 2 saturated heterocycles. The smallest absolute Gasteiger partial charge is 0.335 e. The average molecular weight is 285 g/mol. The Hall–Kier alpha value is -2.06. The lowest BCUT2D eigenvalue weighted by molar-refractivity contribution is 0.0697. The number of benzene rings is 1. The number of hydrogen-bond donors (Lipinski definition) is 1. The van der Waals surface area contributed by atoms with Gasteiger partial charge < -0.3 is 10.0 Å². The van der Waals surface area contributed by atoms with Crippen molar-refractivity contribution < 1.29 is 9.90 Å². The number of aromatic carboxylic acids is 1. The van der Waals surface area contributed by atoms with Crippen LogP contribution in [0.15, 0.2) is 18.2 Å². The fourth-order valence-electron chi connectivity index (χ4n) is 3.56. The van der Waals surface area contributed by atoms with Crippen molar-refractivity contribution >= 4 is 11.7 Å². The van der Waals surface area contributed by atoms with Crippen molar-refractivity contribution in [3.05, 3.63) is 29.3 Å². The molecule has 110 valence electrons. The van der Waals surface area contributed by atoms with Gasteiger partial charge in [0, 0.05) is 25.2 Å². The fourth-order valence-corrected chi connectivity index (χ4v) is 3.56. The Morgan fingerprint density at radius 1 is 1.33 bits per heavy atom. The molecule has 1 N–H and O–H groups in total. The molecule has 0 aliphatic carbocycles. The van der Waals surface area contributed by atoms with Crippen molar-refractivity contribution in [1.82, 2.24) is 4.90 Å². The molecule has 0 saturated carbocycles. The molecule has 2 unspecified atom stereocenters. The van der Waals surface area contributed by atoms with Gasteiger partial charge in [0.1, 0.15) is 6.07 Å². The van der Waals surface area contributed by atoms with Gasteiger partial charge in [-0.1, -0.05) is 0 Å². The summed E-state index contributed by atoms with van der Waals surface area (Å²) in [6, 6.07) is 8.16. The van der Waals surface area contributed by atoms with Crippen LogP contribution in [0.2, 0.25) is 0 Å². The van der Waals surface area contributed by atoms with E-state index in [4.69, 9.17) is 5.11 Å². The van der Waals surface area contributed by atoms with E-state index in [1.165, 1.54) is 18.9 Å². The van der Waals surface area contributed by atoms with E-state index in [2.05, 4.69) is 22.9 Å². The number of carboxylic acid groups (broad SMARTS) is 1. The molecule has 2 atom stereocenters. The summed E-state index contributed by atoms with van der Waals surface area (Å²) < 4.78 is 0. The van der Waals surface area contributed by atoms with E-state index in [0.717, 1.165) is 25.2 Å². The lowest BCUT2D eigenvalue weighted by Gasteiger charge is -2.28. The standard InChI is InChI=1S/C16H19N3O2/c1-18-13-3-4-14(18)10-19(7-6-13)15-5-2-11(16(20)21)8-12(15)9-17/h2,5,8,13-14H,3-4,6-7,10H2,1H3,(H,20,21). The third-order valence-corrected chi connectivity index (χ3v) is 4.85. The number of nitriles is 1. The second-order valence-corrected chi connectivity index (χ2v) is 5.93. The largest absolute Gasteiger partial charge is 0.478 e. The summed E-state index contributed by atoms with van der Waals surface area (Å²) in [5.74, 6) is -0.993. The second kappa shape index (κ2) is 5.38. The Kier molecular flexibility index (Phi) is 3.56. The molecular weight excluding hydrogens is 266 g/mol. The van der Waals surface area contributed by atoms with Gasteiger partial charge in [-0.05, 0) is 44.5 Å². The lowest BCUT2D eigenvalue weighted by Crippen LogP contribution is -2.36. The first-order valence-electron chi connectivity index (χ1n) is 7.34. The molecule has 2 aliphatic rings. The molecule has 1 aromatic carbocycles. The van der Waals surface area contributed by atoms with E-state index in [1.807, 2.05) is 0 Å². The van der Waals surface area contributed by atoms with E-state index in [9.17, 15) is 10.1 Å². The monoisotopic (exact) mass is 285 g/mol. The van der Waals surface area contributed by atoms with Crippen LogP contribution in [0.25, 0.3) is 0 Å². The Balaban J connectivity index is 1.90. The van der Waals surface area contributed by atoms with Crippen LogP contribution in [0, 0.1) is 11.3 Å². The first-order chi connectivity index (χ1) is 10.1. The van der Waals surface area contributed by atoms with Crippen molar-refractivity contribution in [3.63, 3.8) is 0 Å². The number of rotatable bonds is 2. The zero-order valence-electron chi connectivity index (χ0n) is 12.1. The quantitative estimate of drug-likeness (QED) is 0.899. The van der Waals surface area contributed by atoms with Crippen molar-refractivity contribution in [3.8, 4) is 6.07 Å². The molecule has 2 heterocycles. The predicted octanol–water partition coefficient (Wildman–Crippen LogP) is 1.93. The zero-order valence-corrected chi connectivity index (χ0v) is 12.1. The summed E-state index contributed by atoms with van der Waals surface area (Å²) >= 11 is 0. The van der Waals surface area contributed by atoms with Gasteiger partial charge >= 0.3 is 5.97 Å². The molecule has 2 bridgehead atoms. The molecule has 21 heavy (non-hydrogen) atoms. The van der Waals surface area contributed by atoms with Crippen LogP contribution in [0.5, 0.6) is 0 Å². The van der Waals surface area contributed by atoms with E-state index in [-0.39, 0.29) is 5.56 Å². The van der Waals surface area contributed by atoms with Crippen LogP contribution in [-0.4, -0.2) is 48.2 Å². The van der Waals surface area contributed by atoms with Crippen LogP contribution in [0.4, 0.5) is 5.69 Å². The fraction of sp³-hybridized carbons (Fsp3) is 0.500. The molecule has 5 nitrogen and oxygen atoms in total. The minimum Gasteiger partial charge on any atom is -0.478 e. The van der Waals surface area contributed by atoms with E-state index in [1.54, 1.807) is 12.1 Å². The molecule has 0 spiro atoms. The van der Waals surface area contributed by atoms with E-state index >= 15 is 0 Å². The number of carbonyl (C=O) groups is 1. The Bertz CT molecular complexity index is 608. The van der Waals surface area contributed by atoms with Crippen LogP contribution >= 0.6 is 0 Å². The van der Waals surface area contributed by atoms with Gasteiger partial charge in [0.05, 0.1) is 16.8 Å². The predicted molar refractivity (Wildman–Crippen MR) is 79.5 cm³/mol. The molecule has 5 heteroatoms. The van der Waals surface area contributed by atoms with Crippen LogP contribution < -0.4 is 4.90 Å². The minimum atomic E-state index is -0.993. The SMILES string of the molecule is CN1C2CCC1CN(c1ccc(C(=O)O)cc1C#N)CC2. The van der Waals surface area contributed by atoms with Gasteiger partial charge in [0.15, 0.2) is 0 Å². The van der Waals surface area contributed by atoms with Gasteiger partial charge in [-0.15, -0.1) is 0 Å². The van der Waals surface area contributed by atoms with Crippen molar-refractivity contribution in [2.75, 3.05) is 25.0 Å². The molecule has 0 radical (unpaired) electrons. The van der Waals surface area contributed by atoms with E-state index in [0.29, 0.717) is 17.6 Å². The molecule has 0 aromatic heterocycles. The van der Waals surface area contributed by atoms with Crippen LogP contribution in [-0.2, 0) is 0 Å². The van der Waals surface area contributed by atoms with Gasteiger partial charge in [-0.3, -0.25) is 4.90 Å². The van der Waals surface area contributed by atoms with Gasteiger partial charge in [0.25, 0.3) is 0 Å². The molecule has 3 rings (SSSR count). The molecule has 0 amide bonds. The third kappa shape index (κ3) is 2.47. The number of carboxylic acids is 1. The highest BCUT2D eigenvalue weighted by Gasteiger charge is 2.35. The Morgan fingerprint density at radius 2 is 2.10 bits per heavy atom. The van der Waals surface area contributed by atoms with Crippen LogP contribution in [0.1, 0.15) is 35.2 Å². The Labute approximate surface area is 124 Å². The normalized spacial score (nSPS) is 25.4. The van der Waals surface area contributed by atoms with Crippen molar-refractivity contribution in [1.29, 1.82) is 5.26 Å². The third-order valence-electron chi connectivity index (χ3n) is 4.85. The highest BCUT2D eigenvalue weighted by molar-refractivity contribution is 5.89. The van der Waals surface area contributed by atoms with Gasteiger partial charge in [-0.25, -0.2) is 4.79 Å². The van der Waals surface area contributed by atoms with E-state index < -0.39 is 5.97 Å². The summed E-state index contributed by atoms with van der Waals surface area (Å²) in [6.07, 6.45) is 3.56. The zero-order chi connectivity index (χ0) is 15.0. The first-order valence-corrected chi connectivity index (χ1v) is 7.34. The maximum Gasteiger partial charge on any atom is 0.335 e. The summed E-state index contributed by atoms with van der Waals surface area (Å²) in [7, 11) is 2.19.